The molecular weight excluding hydrogens is 394 g/mol. The Balaban J connectivity index is 1.52. The molecule has 2 aromatic heterocycles. The predicted octanol–water partition coefficient (Wildman–Crippen LogP) is 3.05. The standard InChI is InChI=1S/C20H21N3O3S2/c24-18(21-11-15-6-4-10-27-15)13-28-20-22-17-8-2-1-7-16(17)19(25)23(20)12-14-5-3-9-26-14/h1-2,4,6-8,10,14H,3,5,9,11-13H2,(H,21,24)/t14-/m1/s1. The van der Waals surface area contributed by atoms with Crippen molar-refractivity contribution >= 4 is 39.9 Å². The number of thioether (sulfide) groups is 1. The van der Waals surface area contributed by atoms with E-state index in [4.69, 9.17) is 4.74 Å². The monoisotopic (exact) mass is 415 g/mol. The van der Waals surface area contributed by atoms with Crippen molar-refractivity contribution in [1.82, 2.24) is 14.9 Å². The molecule has 1 aliphatic rings. The van der Waals surface area contributed by atoms with Gasteiger partial charge in [0.2, 0.25) is 5.91 Å². The van der Waals surface area contributed by atoms with E-state index in [-0.39, 0.29) is 23.3 Å². The van der Waals surface area contributed by atoms with Gasteiger partial charge in [0.1, 0.15) is 0 Å². The van der Waals surface area contributed by atoms with Crippen molar-refractivity contribution in [3.05, 3.63) is 57.0 Å². The molecule has 4 rings (SSSR count). The maximum atomic E-state index is 13.0. The van der Waals surface area contributed by atoms with Crippen LogP contribution in [0.25, 0.3) is 10.9 Å². The largest absolute Gasteiger partial charge is 0.376 e. The van der Waals surface area contributed by atoms with Crippen LogP contribution < -0.4 is 10.9 Å². The third-order valence-electron chi connectivity index (χ3n) is 4.61. The number of para-hydroxylation sites is 1. The molecule has 0 bridgehead atoms. The Bertz CT molecular complexity index is 1010. The summed E-state index contributed by atoms with van der Waals surface area (Å²) in [4.78, 5) is 31.0. The van der Waals surface area contributed by atoms with Gasteiger partial charge in [0.05, 0.1) is 35.8 Å². The molecule has 1 aromatic carbocycles. The number of nitrogens with one attached hydrogen (secondary N) is 1. The third kappa shape index (κ3) is 4.45. The lowest BCUT2D eigenvalue weighted by atomic mass is 10.2. The van der Waals surface area contributed by atoms with E-state index in [1.54, 1.807) is 22.0 Å². The van der Waals surface area contributed by atoms with Gasteiger partial charge >= 0.3 is 0 Å². The molecule has 0 aliphatic carbocycles. The van der Waals surface area contributed by atoms with E-state index in [2.05, 4.69) is 10.3 Å². The number of hydrogen-bond acceptors (Lipinski definition) is 6. The van der Waals surface area contributed by atoms with E-state index in [1.165, 1.54) is 11.8 Å². The van der Waals surface area contributed by atoms with Crippen molar-refractivity contribution in [2.75, 3.05) is 12.4 Å². The predicted molar refractivity (Wildman–Crippen MR) is 112 cm³/mol. The topological polar surface area (TPSA) is 73.2 Å². The van der Waals surface area contributed by atoms with E-state index in [0.717, 1.165) is 24.3 Å². The molecule has 1 saturated heterocycles. The first-order valence-corrected chi connectivity index (χ1v) is 11.1. The number of aromatic nitrogens is 2. The number of carbonyl (C=O) groups is 1. The van der Waals surface area contributed by atoms with Crippen LogP contribution in [0.4, 0.5) is 0 Å². The number of amides is 1. The molecular formula is C20H21N3O3S2. The molecule has 8 heteroatoms. The van der Waals surface area contributed by atoms with Gasteiger partial charge in [-0.1, -0.05) is 30.0 Å². The van der Waals surface area contributed by atoms with E-state index in [0.29, 0.717) is 29.1 Å². The zero-order valence-electron chi connectivity index (χ0n) is 15.3. The summed E-state index contributed by atoms with van der Waals surface area (Å²) < 4.78 is 7.37. The van der Waals surface area contributed by atoms with Crippen LogP contribution in [0.1, 0.15) is 17.7 Å². The minimum atomic E-state index is -0.0809. The second-order valence-corrected chi connectivity index (χ2v) is 8.58. The summed E-state index contributed by atoms with van der Waals surface area (Å²) in [5.41, 5.74) is 0.570. The van der Waals surface area contributed by atoms with Crippen LogP contribution in [0.3, 0.4) is 0 Å². The molecule has 0 saturated carbocycles. The second kappa shape index (κ2) is 8.89. The molecule has 28 heavy (non-hydrogen) atoms. The highest BCUT2D eigenvalue weighted by Crippen LogP contribution is 2.21. The van der Waals surface area contributed by atoms with Crippen molar-refractivity contribution in [3.63, 3.8) is 0 Å². The van der Waals surface area contributed by atoms with E-state index in [9.17, 15) is 9.59 Å². The van der Waals surface area contributed by atoms with Gasteiger partial charge < -0.3 is 10.1 Å². The van der Waals surface area contributed by atoms with Crippen LogP contribution in [0.15, 0.2) is 51.7 Å². The quantitative estimate of drug-likeness (QED) is 0.474. The lowest BCUT2D eigenvalue weighted by Crippen LogP contribution is -2.30. The number of ether oxygens (including phenoxy) is 1. The van der Waals surface area contributed by atoms with Gasteiger partial charge in [0, 0.05) is 11.5 Å². The fourth-order valence-electron chi connectivity index (χ4n) is 3.19. The Kier molecular flexibility index (Phi) is 6.09. The van der Waals surface area contributed by atoms with Gasteiger partial charge in [-0.15, -0.1) is 11.3 Å². The Morgan fingerprint density at radius 1 is 1.32 bits per heavy atom. The SMILES string of the molecule is O=C(CSc1nc2ccccc2c(=O)n1C[C@H]1CCCO1)NCc1cccs1. The highest BCUT2D eigenvalue weighted by Gasteiger charge is 2.20. The van der Waals surface area contributed by atoms with Gasteiger partial charge in [0.15, 0.2) is 5.16 Å². The van der Waals surface area contributed by atoms with Crippen molar-refractivity contribution in [2.24, 2.45) is 0 Å². The summed E-state index contributed by atoms with van der Waals surface area (Å²) in [6.07, 6.45) is 1.96. The molecule has 0 spiro atoms. The summed E-state index contributed by atoms with van der Waals surface area (Å²) in [6, 6.07) is 11.3. The molecule has 1 aliphatic heterocycles. The lowest BCUT2D eigenvalue weighted by molar-refractivity contribution is -0.118. The molecule has 3 heterocycles. The minimum Gasteiger partial charge on any atom is -0.376 e. The highest BCUT2D eigenvalue weighted by atomic mass is 32.2. The molecule has 1 N–H and O–H groups in total. The number of carbonyl (C=O) groups excluding carboxylic acids is 1. The molecule has 0 radical (unpaired) electrons. The molecule has 146 valence electrons. The van der Waals surface area contributed by atoms with Gasteiger partial charge in [-0.05, 0) is 36.4 Å². The Hall–Kier alpha value is -2.16. The van der Waals surface area contributed by atoms with Gasteiger partial charge in [-0.2, -0.15) is 0 Å². The second-order valence-electron chi connectivity index (χ2n) is 6.61. The number of rotatable bonds is 7. The van der Waals surface area contributed by atoms with Crippen molar-refractivity contribution in [3.8, 4) is 0 Å². The summed E-state index contributed by atoms with van der Waals surface area (Å²) in [5, 5.41) is 6.05. The van der Waals surface area contributed by atoms with E-state index < -0.39 is 0 Å². The van der Waals surface area contributed by atoms with Crippen molar-refractivity contribution in [2.45, 2.75) is 37.2 Å². The number of nitrogens with zero attached hydrogens (tertiary/aromatic N) is 2. The average Bonchev–Trinajstić information content (AvgIpc) is 3.41. The number of hydrogen-bond donors (Lipinski definition) is 1. The summed E-state index contributed by atoms with van der Waals surface area (Å²) >= 11 is 2.90. The van der Waals surface area contributed by atoms with Gasteiger partial charge in [0.25, 0.3) is 5.56 Å². The Morgan fingerprint density at radius 2 is 2.21 bits per heavy atom. The van der Waals surface area contributed by atoms with Crippen LogP contribution in [-0.4, -0.2) is 33.9 Å². The molecule has 6 nitrogen and oxygen atoms in total. The summed E-state index contributed by atoms with van der Waals surface area (Å²) in [7, 11) is 0. The van der Waals surface area contributed by atoms with Crippen LogP contribution in [0, 0.1) is 0 Å². The number of thiophene rings is 1. The first-order valence-electron chi connectivity index (χ1n) is 9.24. The lowest BCUT2D eigenvalue weighted by Gasteiger charge is -2.16. The zero-order valence-corrected chi connectivity index (χ0v) is 16.9. The highest BCUT2D eigenvalue weighted by molar-refractivity contribution is 7.99. The average molecular weight is 416 g/mol. The van der Waals surface area contributed by atoms with Crippen LogP contribution >= 0.6 is 23.1 Å². The summed E-state index contributed by atoms with van der Waals surface area (Å²) in [5.74, 6) is 0.131. The maximum absolute atomic E-state index is 13.0. The third-order valence-corrected chi connectivity index (χ3v) is 6.46. The molecule has 1 amide bonds. The number of benzene rings is 1. The first-order chi connectivity index (χ1) is 13.7. The number of fused-ring (bicyclic) bond motifs is 1. The molecule has 0 unspecified atom stereocenters. The van der Waals surface area contributed by atoms with Crippen molar-refractivity contribution in [1.29, 1.82) is 0 Å². The normalized spacial score (nSPS) is 16.5. The van der Waals surface area contributed by atoms with E-state index in [1.807, 2.05) is 35.7 Å². The zero-order chi connectivity index (χ0) is 19.3. The van der Waals surface area contributed by atoms with Crippen LogP contribution in [0.2, 0.25) is 0 Å². The van der Waals surface area contributed by atoms with Crippen LogP contribution in [-0.2, 0) is 22.6 Å². The summed E-state index contributed by atoms with van der Waals surface area (Å²) in [6.45, 7) is 1.72. The van der Waals surface area contributed by atoms with Gasteiger partial charge in [-0.3, -0.25) is 14.2 Å². The molecule has 3 aromatic rings. The fraction of sp³-hybridized carbons (Fsp3) is 0.350. The Morgan fingerprint density at radius 3 is 3.00 bits per heavy atom. The first kappa shape index (κ1) is 19.2. The molecule has 1 fully saturated rings. The van der Waals surface area contributed by atoms with E-state index >= 15 is 0 Å². The van der Waals surface area contributed by atoms with Crippen molar-refractivity contribution < 1.29 is 9.53 Å². The molecule has 1 atom stereocenters. The maximum Gasteiger partial charge on any atom is 0.262 e. The minimum absolute atomic E-state index is 0.0210. The van der Waals surface area contributed by atoms with Gasteiger partial charge in [-0.25, -0.2) is 4.98 Å². The Labute approximate surface area is 170 Å². The van der Waals surface area contributed by atoms with Crippen LogP contribution in [0.5, 0.6) is 0 Å². The smallest absolute Gasteiger partial charge is 0.262 e. The fourth-order valence-corrected chi connectivity index (χ4v) is 4.67.